The number of rotatable bonds is 5. The van der Waals surface area contributed by atoms with E-state index in [0.29, 0.717) is 37.0 Å². The van der Waals surface area contributed by atoms with Gasteiger partial charge in [0.05, 0.1) is 12.1 Å². The van der Waals surface area contributed by atoms with Gasteiger partial charge in [-0.1, -0.05) is 31.1 Å². The number of hydrogen-bond acceptors (Lipinski definition) is 5. The maximum atomic E-state index is 13.9. The first-order chi connectivity index (χ1) is 14.0. The van der Waals surface area contributed by atoms with Crippen LogP contribution in [-0.2, 0) is 0 Å². The predicted octanol–water partition coefficient (Wildman–Crippen LogP) is 4.29. The molecule has 2 aromatic carbocycles. The summed E-state index contributed by atoms with van der Waals surface area (Å²) in [6.45, 7) is 4.96. The fraction of sp³-hybridized carbons (Fsp3) is 0.318. The number of amides is 1. The lowest BCUT2D eigenvalue weighted by Gasteiger charge is -2.17. The van der Waals surface area contributed by atoms with E-state index >= 15 is 0 Å². The maximum absolute atomic E-state index is 13.9. The van der Waals surface area contributed by atoms with Gasteiger partial charge in [0.15, 0.2) is 0 Å². The van der Waals surface area contributed by atoms with Gasteiger partial charge in [0.2, 0.25) is 11.7 Å². The Labute approximate surface area is 168 Å². The number of nitrogens with zero attached hydrogens (tertiary/aromatic N) is 3. The Hall–Kier alpha value is -3.22. The molecular weight excluding hydrogens is 373 g/mol. The molecule has 0 aliphatic carbocycles. The van der Waals surface area contributed by atoms with Gasteiger partial charge in [0, 0.05) is 24.4 Å². The molecule has 4 rings (SSSR count). The largest absolute Gasteiger partial charge is 0.489 e. The smallest absolute Gasteiger partial charge is 0.256 e. The van der Waals surface area contributed by atoms with Gasteiger partial charge in [0.25, 0.3) is 5.91 Å². The molecule has 1 unspecified atom stereocenters. The molecule has 7 heteroatoms. The van der Waals surface area contributed by atoms with Crippen molar-refractivity contribution in [3.8, 4) is 17.1 Å². The fourth-order valence-corrected chi connectivity index (χ4v) is 3.28. The lowest BCUT2D eigenvalue weighted by atomic mass is 10.2. The Bertz CT molecular complexity index is 1000. The Balaban J connectivity index is 1.37. The van der Waals surface area contributed by atoms with E-state index in [1.54, 1.807) is 17.0 Å². The average Bonchev–Trinajstić information content (AvgIpc) is 3.38. The van der Waals surface area contributed by atoms with E-state index in [0.717, 1.165) is 5.56 Å². The average molecular weight is 395 g/mol. The van der Waals surface area contributed by atoms with Gasteiger partial charge in [-0.3, -0.25) is 4.79 Å². The van der Waals surface area contributed by atoms with Crippen LogP contribution in [0.5, 0.6) is 5.75 Å². The molecule has 0 bridgehead atoms. The normalized spacial score (nSPS) is 16.4. The van der Waals surface area contributed by atoms with Crippen molar-refractivity contribution in [2.75, 3.05) is 13.1 Å². The molecule has 0 radical (unpaired) electrons. The lowest BCUT2D eigenvalue weighted by Crippen LogP contribution is -2.31. The van der Waals surface area contributed by atoms with E-state index in [2.05, 4.69) is 10.1 Å². The SMILES string of the molecule is CC(C)c1nc(-c2ccc(OC3CCN(C(=O)c4ccccc4F)C3)cc2)no1. The minimum absolute atomic E-state index is 0.0957. The van der Waals surface area contributed by atoms with Crippen LogP contribution >= 0.6 is 0 Å². The molecule has 1 aromatic heterocycles. The van der Waals surface area contributed by atoms with E-state index in [-0.39, 0.29) is 23.5 Å². The molecule has 0 saturated carbocycles. The molecule has 29 heavy (non-hydrogen) atoms. The summed E-state index contributed by atoms with van der Waals surface area (Å²) in [5, 5.41) is 4.00. The quantitative estimate of drug-likeness (QED) is 0.645. The molecule has 0 N–H and O–H groups in total. The van der Waals surface area contributed by atoms with Gasteiger partial charge in [-0.25, -0.2) is 4.39 Å². The summed E-state index contributed by atoms with van der Waals surface area (Å²) < 4.78 is 25.1. The Kier molecular flexibility index (Phi) is 5.29. The van der Waals surface area contributed by atoms with E-state index in [4.69, 9.17) is 9.26 Å². The van der Waals surface area contributed by atoms with Crippen molar-refractivity contribution in [1.29, 1.82) is 0 Å². The Morgan fingerprint density at radius 1 is 1.21 bits per heavy atom. The number of hydrogen-bond donors (Lipinski definition) is 0. The third kappa shape index (κ3) is 4.13. The third-order valence-corrected chi connectivity index (χ3v) is 4.89. The number of carbonyl (C=O) groups excluding carboxylic acids is 1. The summed E-state index contributed by atoms with van der Waals surface area (Å²) in [6.07, 6.45) is 0.569. The highest BCUT2D eigenvalue weighted by Crippen LogP contribution is 2.25. The number of carbonyl (C=O) groups is 1. The van der Waals surface area contributed by atoms with Gasteiger partial charge in [0.1, 0.15) is 17.7 Å². The first-order valence-corrected chi connectivity index (χ1v) is 9.66. The maximum Gasteiger partial charge on any atom is 0.256 e. The Morgan fingerprint density at radius 2 is 1.97 bits per heavy atom. The lowest BCUT2D eigenvalue weighted by molar-refractivity contribution is 0.0768. The van der Waals surface area contributed by atoms with Crippen molar-refractivity contribution in [2.45, 2.75) is 32.3 Å². The summed E-state index contributed by atoms with van der Waals surface area (Å²) in [5.74, 6) is 1.22. The molecule has 1 atom stereocenters. The molecular formula is C22H22FN3O3. The van der Waals surface area contributed by atoms with E-state index in [1.807, 2.05) is 38.1 Å². The van der Waals surface area contributed by atoms with E-state index in [1.165, 1.54) is 12.1 Å². The zero-order chi connectivity index (χ0) is 20.4. The molecule has 1 fully saturated rings. The number of halogens is 1. The summed E-state index contributed by atoms with van der Waals surface area (Å²) in [6, 6.07) is 13.5. The molecule has 2 heterocycles. The van der Waals surface area contributed by atoms with Crippen molar-refractivity contribution in [1.82, 2.24) is 15.0 Å². The van der Waals surface area contributed by atoms with Gasteiger partial charge in [-0.2, -0.15) is 4.98 Å². The van der Waals surface area contributed by atoms with Crippen molar-refractivity contribution < 1.29 is 18.4 Å². The van der Waals surface area contributed by atoms with Crippen LogP contribution in [-0.4, -0.2) is 40.1 Å². The summed E-state index contributed by atoms with van der Waals surface area (Å²) in [4.78, 5) is 18.5. The summed E-state index contributed by atoms with van der Waals surface area (Å²) >= 11 is 0. The second-order valence-electron chi connectivity index (χ2n) is 7.39. The molecule has 1 aliphatic rings. The first kappa shape index (κ1) is 19.1. The number of ether oxygens (including phenoxy) is 1. The van der Waals surface area contributed by atoms with Crippen molar-refractivity contribution in [3.05, 3.63) is 65.8 Å². The van der Waals surface area contributed by atoms with Crippen LogP contribution < -0.4 is 4.74 Å². The van der Waals surface area contributed by atoms with Gasteiger partial charge < -0.3 is 14.2 Å². The van der Waals surface area contributed by atoms with Crippen molar-refractivity contribution in [3.63, 3.8) is 0 Å². The van der Waals surface area contributed by atoms with Crippen LogP contribution in [0.4, 0.5) is 4.39 Å². The standard InChI is InChI=1S/C22H22FN3O3/c1-14(2)21-24-20(25-29-21)15-7-9-16(10-8-15)28-17-11-12-26(13-17)22(27)18-5-3-4-6-19(18)23/h3-10,14,17H,11-13H2,1-2H3. The molecule has 1 saturated heterocycles. The van der Waals surface area contributed by atoms with Crippen LogP contribution in [0.15, 0.2) is 53.1 Å². The zero-order valence-corrected chi connectivity index (χ0v) is 16.3. The highest BCUT2D eigenvalue weighted by Gasteiger charge is 2.29. The number of aromatic nitrogens is 2. The summed E-state index contributed by atoms with van der Waals surface area (Å²) in [7, 11) is 0. The van der Waals surface area contributed by atoms with Crippen molar-refractivity contribution >= 4 is 5.91 Å². The first-order valence-electron chi connectivity index (χ1n) is 9.66. The molecule has 1 aliphatic heterocycles. The second-order valence-corrected chi connectivity index (χ2v) is 7.39. The number of likely N-dealkylation sites (tertiary alicyclic amines) is 1. The van der Waals surface area contributed by atoms with Gasteiger partial charge in [-0.05, 0) is 36.4 Å². The van der Waals surface area contributed by atoms with Gasteiger partial charge in [-0.15, -0.1) is 0 Å². The number of benzene rings is 2. The molecule has 150 valence electrons. The Morgan fingerprint density at radius 3 is 2.66 bits per heavy atom. The van der Waals surface area contributed by atoms with Crippen LogP contribution in [0.3, 0.4) is 0 Å². The monoisotopic (exact) mass is 395 g/mol. The van der Waals surface area contributed by atoms with Crippen molar-refractivity contribution in [2.24, 2.45) is 0 Å². The fourth-order valence-electron chi connectivity index (χ4n) is 3.28. The molecule has 1 amide bonds. The third-order valence-electron chi connectivity index (χ3n) is 4.89. The van der Waals surface area contributed by atoms with Crippen LogP contribution in [0.25, 0.3) is 11.4 Å². The minimum atomic E-state index is -0.500. The molecule has 3 aromatic rings. The van der Waals surface area contributed by atoms with Crippen LogP contribution in [0.2, 0.25) is 0 Å². The molecule has 0 spiro atoms. The second kappa shape index (κ2) is 8.03. The van der Waals surface area contributed by atoms with Crippen LogP contribution in [0.1, 0.15) is 42.4 Å². The highest BCUT2D eigenvalue weighted by atomic mass is 19.1. The minimum Gasteiger partial charge on any atom is -0.489 e. The van der Waals surface area contributed by atoms with Crippen LogP contribution in [0, 0.1) is 5.82 Å². The van der Waals surface area contributed by atoms with Gasteiger partial charge >= 0.3 is 0 Å². The highest BCUT2D eigenvalue weighted by molar-refractivity contribution is 5.94. The topological polar surface area (TPSA) is 68.5 Å². The molecule has 6 nitrogen and oxygen atoms in total. The summed E-state index contributed by atoms with van der Waals surface area (Å²) in [5.41, 5.74) is 0.939. The zero-order valence-electron chi connectivity index (χ0n) is 16.3. The van der Waals surface area contributed by atoms with E-state index < -0.39 is 5.82 Å². The predicted molar refractivity (Wildman–Crippen MR) is 105 cm³/mol. The van der Waals surface area contributed by atoms with E-state index in [9.17, 15) is 9.18 Å².